The average Bonchev–Trinajstić information content (AvgIpc) is 2.46. The van der Waals surface area contributed by atoms with Crippen molar-refractivity contribution in [2.45, 2.75) is 45.2 Å². The molecule has 2 unspecified atom stereocenters. The summed E-state index contributed by atoms with van der Waals surface area (Å²) in [6.45, 7) is 4.56. The Morgan fingerprint density at radius 3 is 2.65 bits per heavy atom. The molecule has 3 rings (SSSR count). The van der Waals surface area contributed by atoms with E-state index < -0.39 is 0 Å². The van der Waals surface area contributed by atoms with Gasteiger partial charge in [0, 0.05) is 40.9 Å². The lowest BCUT2D eigenvalue weighted by atomic mass is 9.99. The molecule has 2 atom stereocenters. The Morgan fingerprint density at radius 2 is 1.90 bits per heavy atom. The molecule has 2 heterocycles. The number of hydrogen-bond donors (Lipinski definition) is 2. The number of fused-ring (bicyclic) bond motifs is 1. The van der Waals surface area contributed by atoms with Crippen molar-refractivity contribution < 1.29 is 0 Å². The molecule has 1 aliphatic heterocycles. The highest BCUT2D eigenvalue weighted by molar-refractivity contribution is 6.00. The summed E-state index contributed by atoms with van der Waals surface area (Å²) in [5.74, 6) is 0. The predicted octanol–water partition coefficient (Wildman–Crippen LogP) is 3.41. The van der Waals surface area contributed by atoms with Crippen LogP contribution in [-0.4, -0.2) is 22.1 Å². The average molecular weight is 270 g/mol. The minimum Gasteiger partial charge on any atom is -0.398 e. The Bertz CT molecular complexity index is 600. The molecule has 1 aromatic heterocycles. The van der Waals surface area contributed by atoms with Crippen LogP contribution in [0, 0.1) is 0 Å². The Balaban J connectivity index is 1.96. The van der Waals surface area contributed by atoms with Crippen molar-refractivity contribution in [1.82, 2.24) is 9.99 Å². The lowest BCUT2D eigenvalue weighted by molar-refractivity contribution is 0.136. The molecule has 20 heavy (non-hydrogen) atoms. The molecule has 0 bridgehead atoms. The fraction of sp³-hybridized carbons (Fsp3) is 0.438. The van der Waals surface area contributed by atoms with Crippen LogP contribution in [0.1, 0.15) is 33.1 Å². The number of hydrogen-bond acceptors (Lipinski definition) is 4. The van der Waals surface area contributed by atoms with Crippen LogP contribution in [0.25, 0.3) is 10.8 Å². The second-order valence-electron chi connectivity index (χ2n) is 5.77. The molecule has 1 aliphatic rings. The van der Waals surface area contributed by atoms with Crippen molar-refractivity contribution in [3.8, 4) is 0 Å². The van der Waals surface area contributed by atoms with Gasteiger partial charge < -0.3 is 11.2 Å². The molecular weight excluding hydrogens is 248 g/mol. The number of hydrazine groups is 1. The summed E-state index contributed by atoms with van der Waals surface area (Å²) in [6.07, 6.45) is 7.46. The quantitative estimate of drug-likeness (QED) is 0.821. The first kappa shape index (κ1) is 13.2. The van der Waals surface area contributed by atoms with Crippen LogP contribution >= 0.6 is 0 Å². The lowest BCUT2D eigenvalue weighted by Gasteiger charge is -2.39. The van der Waals surface area contributed by atoms with E-state index in [-0.39, 0.29) is 0 Å². The highest BCUT2D eigenvalue weighted by Crippen LogP contribution is 2.30. The molecule has 0 saturated carbocycles. The fourth-order valence-electron chi connectivity index (χ4n) is 3.09. The molecular formula is C16H22N4. The number of nitrogens with one attached hydrogen (secondary N) is 1. The van der Waals surface area contributed by atoms with Crippen LogP contribution in [0.5, 0.6) is 0 Å². The van der Waals surface area contributed by atoms with E-state index in [1.165, 1.54) is 19.3 Å². The van der Waals surface area contributed by atoms with E-state index >= 15 is 0 Å². The monoisotopic (exact) mass is 270 g/mol. The van der Waals surface area contributed by atoms with Gasteiger partial charge in [-0.15, -0.1) is 0 Å². The first-order chi connectivity index (χ1) is 9.66. The van der Waals surface area contributed by atoms with Gasteiger partial charge >= 0.3 is 0 Å². The largest absolute Gasteiger partial charge is 0.398 e. The third-order valence-corrected chi connectivity index (χ3v) is 4.29. The van der Waals surface area contributed by atoms with Crippen LogP contribution in [0.3, 0.4) is 0 Å². The number of piperidine rings is 1. The third-order valence-electron chi connectivity index (χ3n) is 4.29. The minimum absolute atomic E-state index is 0.544. The standard InChI is InChI=1S/C16H22N4/c1-11-4-3-5-12(2)20(11)19-16-7-6-15(17)13-8-9-18-10-14(13)16/h6-12,19H,3-5,17H2,1-2H3. The molecule has 0 radical (unpaired) electrons. The van der Waals surface area contributed by atoms with E-state index in [9.17, 15) is 0 Å². The van der Waals surface area contributed by atoms with Crippen LogP contribution in [-0.2, 0) is 0 Å². The smallest absolute Gasteiger partial charge is 0.0585 e. The van der Waals surface area contributed by atoms with Gasteiger partial charge in [-0.3, -0.25) is 4.98 Å². The van der Waals surface area contributed by atoms with Crippen LogP contribution in [0.4, 0.5) is 11.4 Å². The zero-order chi connectivity index (χ0) is 14.1. The number of rotatable bonds is 2. The van der Waals surface area contributed by atoms with Crippen molar-refractivity contribution >= 4 is 22.1 Å². The van der Waals surface area contributed by atoms with Gasteiger partial charge in [0.25, 0.3) is 0 Å². The van der Waals surface area contributed by atoms with Gasteiger partial charge in [0.2, 0.25) is 0 Å². The SMILES string of the molecule is CC1CCCC(C)N1Nc1ccc(N)c2ccncc12. The van der Waals surface area contributed by atoms with Crippen molar-refractivity contribution in [2.75, 3.05) is 11.2 Å². The molecule has 1 aromatic carbocycles. The van der Waals surface area contributed by atoms with Gasteiger partial charge in [-0.05, 0) is 44.9 Å². The first-order valence-corrected chi connectivity index (χ1v) is 7.34. The van der Waals surface area contributed by atoms with E-state index in [4.69, 9.17) is 5.73 Å². The predicted molar refractivity (Wildman–Crippen MR) is 84.4 cm³/mol. The number of anilines is 2. The zero-order valence-electron chi connectivity index (χ0n) is 12.1. The van der Waals surface area contributed by atoms with Crippen LogP contribution in [0.15, 0.2) is 30.6 Å². The number of nitrogens with two attached hydrogens (primary N) is 1. The molecule has 1 fully saturated rings. The van der Waals surface area contributed by atoms with E-state index in [2.05, 4.69) is 29.3 Å². The Morgan fingerprint density at radius 1 is 1.15 bits per heavy atom. The van der Waals surface area contributed by atoms with Crippen LogP contribution < -0.4 is 11.2 Å². The second kappa shape index (κ2) is 5.29. The summed E-state index contributed by atoms with van der Waals surface area (Å²) in [4.78, 5) is 4.23. The zero-order valence-corrected chi connectivity index (χ0v) is 12.1. The Kier molecular flexibility index (Phi) is 3.49. The van der Waals surface area contributed by atoms with Gasteiger partial charge in [-0.25, -0.2) is 5.01 Å². The van der Waals surface area contributed by atoms with Crippen molar-refractivity contribution in [1.29, 1.82) is 0 Å². The van der Waals surface area contributed by atoms with E-state index in [0.717, 1.165) is 22.1 Å². The van der Waals surface area contributed by atoms with Crippen molar-refractivity contribution in [2.24, 2.45) is 0 Å². The van der Waals surface area contributed by atoms with E-state index in [0.29, 0.717) is 12.1 Å². The maximum absolute atomic E-state index is 6.04. The van der Waals surface area contributed by atoms with E-state index in [1.54, 1.807) is 6.20 Å². The molecule has 1 saturated heterocycles. The normalized spacial score (nSPS) is 23.9. The number of nitrogen functional groups attached to an aromatic ring is 1. The fourth-order valence-corrected chi connectivity index (χ4v) is 3.09. The number of pyridine rings is 1. The third kappa shape index (κ3) is 2.31. The highest BCUT2D eigenvalue weighted by Gasteiger charge is 2.25. The Labute approximate surface area is 120 Å². The summed E-state index contributed by atoms with van der Waals surface area (Å²) in [5.41, 5.74) is 11.5. The van der Waals surface area contributed by atoms with Crippen molar-refractivity contribution in [3.05, 3.63) is 30.6 Å². The number of aromatic nitrogens is 1. The summed E-state index contributed by atoms with van der Waals surface area (Å²) in [5, 5.41) is 4.50. The van der Waals surface area contributed by atoms with Crippen molar-refractivity contribution in [3.63, 3.8) is 0 Å². The number of nitrogens with zero attached hydrogens (tertiary/aromatic N) is 2. The van der Waals surface area contributed by atoms with Gasteiger partial charge in [0.1, 0.15) is 0 Å². The summed E-state index contributed by atoms with van der Waals surface area (Å²) in [6, 6.07) is 7.07. The number of benzene rings is 1. The molecule has 2 aromatic rings. The maximum Gasteiger partial charge on any atom is 0.0585 e. The summed E-state index contributed by atoms with van der Waals surface area (Å²) in [7, 11) is 0. The van der Waals surface area contributed by atoms with Gasteiger partial charge in [0.15, 0.2) is 0 Å². The molecule has 0 amide bonds. The van der Waals surface area contributed by atoms with E-state index in [1.807, 2.05) is 24.4 Å². The molecule has 0 aliphatic carbocycles. The van der Waals surface area contributed by atoms with Gasteiger partial charge in [-0.2, -0.15) is 0 Å². The molecule has 4 heteroatoms. The highest BCUT2D eigenvalue weighted by atomic mass is 15.5. The first-order valence-electron chi connectivity index (χ1n) is 7.34. The van der Waals surface area contributed by atoms with Crippen LogP contribution in [0.2, 0.25) is 0 Å². The summed E-state index contributed by atoms with van der Waals surface area (Å²) < 4.78 is 0. The summed E-state index contributed by atoms with van der Waals surface area (Å²) >= 11 is 0. The Hall–Kier alpha value is -1.81. The molecule has 0 spiro atoms. The molecule has 106 valence electrons. The topological polar surface area (TPSA) is 54.2 Å². The minimum atomic E-state index is 0.544. The molecule has 4 nitrogen and oxygen atoms in total. The maximum atomic E-state index is 6.04. The second-order valence-corrected chi connectivity index (χ2v) is 5.77. The van der Waals surface area contributed by atoms with Gasteiger partial charge in [0.05, 0.1) is 5.69 Å². The lowest BCUT2D eigenvalue weighted by Crippen LogP contribution is -2.47. The molecule has 3 N–H and O–H groups in total. The van der Waals surface area contributed by atoms with Gasteiger partial charge in [-0.1, -0.05) is 6.42 Å².